The van der Waals surface area contributed by atoms with Crippen LogP contribution in [0.1, 0.15) is 58.4 Å². The molecule has 4 saturated carbocycles. The lowest BCUT2D eigenvalue weighted by atomic mass is 9.39. The molecule has 4 fully saturated rings. The second-order valence-electron chi connectivity index (χ2n) is 13.2. The minimum atomic E-state index is -1.35. The molecule has 1 aromatic rings. The van der Waals surface area contributed by atoms with Crippen molar-refractivity contribution in [2.24, 2.45) is 39.7 Å². The van der Waals surface area contributed by atoms with Crippen LogP contribution in [0.15, 0.2) is 42.5 Å². The zero-order chi connectivity index (χ0) is 29.0. The van der Waals surface area contributed by atoms with Crippen molar-refractivity contribution >= 4 is 17.7 Å². The minimum Gasteiger partial charge on any atom is -0.465 e. The number of carbonyl (C=O) groups is 3. The molecule has 1 spiro atoms. The summed E-state index contributed by atoms with van der Waals surface area (Å²) in [4.78, 5) is 40.0. The van der Waals surface area contributed by atoms with Gasteiger partial charge >= 0.3 is 11.9 Å². The largest absolute Gasteiger partial charge is 0.465 e. The number of nitrogens with two attached hydrogens (primary N) is 1. The number of Topliss-reactive ketones (excluding diaryl/α,β-unsaturated/α-hetero) is 1. The lowest BCUT2D eigenvalue weighted by Crippen LogP contribution is -2.72. The van der Waals surface area contributed by atoms with E-state index in [2.05, 4.69) is 20.4 Å². The van der Waals surface area contributed by atoms with Crippen molar-refractivity contribution in [3.05, 3.63) is 48.0 Å². The van der Waals surface area contributed by atoms with Crippen molar-refractivity contribution in [3.63, 3.8) is 0 Å². The number of fused-ring (bicyclic) bond motifs is 3. The van der Waals surface area contributed by atoms with Crippen LogP contribution in [0.5, 0.6) is 0 Å². The van der Waals surface area contributed by atoms with Crippen molar-refractivity contribution in [1.29, 1.82) is 0 Å². The maximum atomic E-state index is 14.4. The number of esters is 2. The highest BCUT2D eigenvalue weighted by Gasteiger charge is 2.78. The number of rotatable bonds is 7. The van der Waals surface area contributed by atoms with Crippen molar-refractivity contribution < 1.29 is 33.7 Å². The third-order valence-electron chi connectivity index (χ3n) is 10.7. The molecule has 0 unspecified atom stereocenters. The van der Waals surface area contributed by atoms with Crippen LogP contribution in [0.3, 0.4) is 0 Å². The molecule has 1 aromatic carbocycles. The van der Waals surface area contributed by atoms with Gasteiger partial charge < -0.3 is 25.1 Å². The third kappa shape index (κ3) is 4.25. The van der Waals surface area contributed by atoms with E-state index in [4.69, 9.17) is 19.9 Å². The summed E-state index contributed by atoms with van der Waals surface area (Å²) in [5.74, 6) is -2.38. The quantitative estimate of drug-likeness (QED) is 0.389. The number of methoxy groups -OCH3 is 1. The van der Waals surface area contributed by atoms with Crippen LogP contribution in [0.4, 0.5) is 0 Å². The van der Waals surface area contributed by atoms with E-state index in [1.165, 1.54) is 6.92 Å². The van der Waals surface area contributed by atoms with Crippen LogP contribution < -0.4 is 5.73 Å². The second-order valence-corrected chi connectivity index (χ2v) is 13.2. The molecule has 218 valence electrons. The van der Waals surface area contributed by atoms with Gasteiger partial charge in [0.15, 0.2) is 5.78 Å². The van der Waals surface area contributed by atoms with Crippen molar-refractivity contribution in [2.45, 2.75) is 83.6 Å². The number of benzene rings is 1. The Morgan fingerprint density at radius 3 is 2.52 bits per heavy atom. The Labute approximate surface area is 236 Å². The van der Waals surface area contributed by atoms with Gasteiger partial charge in [0.2, 0.25) is 0 Å². The van der Waals surface area contributed by atoms with E-state index in [-0.39, 0.29) is 30.1 Å². The molecule has 5 rings (SSSR count). The van der Waals surface area contributed by atoms with Crippen LogP contribution >= 0.6 is 0 Å². The molecule has 8 nitrogen and oxygen atoms in total. The molecule has 2 bridgehead atoms. The average Bonchev–Trinajstić information content (AvgIpc) is 3.03. The number of aliphatic hydroxyl groups excluding tert-OH is 1. The summed E-state index contributed by atoms with van der Waals surface area (Å²) in [6.45, 7) is 10.0. The molecular formula is C32H43NO7. The first-order chi connectivity index (χ1) is 18.9. The zero-order valence-electron chi connectivity index (χ0n) is 24.1. The van der Waals surface area contributed by atoms with E-state index in [0.717, 1.165) is 18.4 Å². The fraction of sp³-hybridized carbons (Fsp3) is 0.656. The van der Waals surface area contributed by atoms with Crippen LogP contribution in [-0.2, 0) is 35.0 Å². The van der Waals surface area contributed by atoms with Gasteiger partial charge in [0.1, 0.15) is 17.6 Å². The maximum absolute atomic E-state index is 14.4. The van der Waals surface area contributed by atoms with E-state index >= 15 is 0 Å². The van der Waals surface area contributed by atoms with Gasteiger partial charge in [-0.25, -0.2) is 0 Å². The zero-order valence-corrected chi connectivity index (χ0v) is 24.1. The lowest BCUT2D eigenvalue weighted by molar-refractivity contribution is -0.272. The molecule has 4 aliphatic carbocycles. The van der Waals surface area contributed by atoms with Crippen molar-refractivity contribution in [3.8, 4) is 0 Å². The van der Waals surface area contributed by atoms with Gasteiger partial charge in [-0.05, 0) is 54.6 Å². The summed E-state index contributed by atoms with van der Waals surface area (Å²) < 4.78 is 18.1. The van der Waals surface area contributed by atoms with Gasteiger partial charge in [-0.1, -0.05) is 57.2 Å². The highest BCUT2D eigenvalue weighted by atomic mass is 16.6. The fourth-order valence-corrected chi connectivity index (χ4v) is 9.25. The Kier molecular flexibility index (Phi) is 7.51. The first-order valence-corrected chi connectivity index (χ1v) is 14.5. The number of ketones is 1. The predicted octanol–water partition coefficient (Wildman–Crippen LogP) is 3.39. The first kappa shape index (κ1) is 29.0. The van der Waals surface area contributed by atoms with Crippen molar-refractivity contribution in [1.82, 2.24) is 0 Å². The monoisotopic (exact) mass is 553 g/mol. The number of carbonyl (C=O) groups excluding carboxylic acids is 3. The molecule has 9 atom stereocenters. The third-order valence-corrected chi connectivity index (χ3v) is 10.7. The van der Waals surface area contributed by atoms with Crippen LogP contribution in [0.2, 0.25) is 0 Å². The van der Waals surface area contributed by atoms with E-state index in [1.54, 1.807) is 7.11 Å². The highest BCUT2D eigenvalue weighted by molar-refractivity contribution is 6.05. The molecule has 0 aromatic heterocycles. The van der Waals surface area contributed by atoms with Gasteiger partial charge in [-0.15, -0.1) is 0 Å². The molecule has 4 aliphatic rings. The summed E-state index contributed by atoms with van der Waals surface area (Å²) in [5, 5.41) is 11.9. The standard InChI is InChI=1S/C32H43NO7/c1-18-21-15-23(35)26-31(17-39-19(2)34)13-9-12-30(3,4)24(31)16-25(38-5)32(26,27(18)36)28(21)40-29(37)22(33)14-20-10-7-6-8-11-20/h6-8,10-11,21-26,28,35H,1,9,12-17,33H2,2-5H3/t21-,22-,23-,24+,25+,26-,28+,31-,32+/m0/s1. The minimum absolute atomic E-state index is 0.0122. The van der Waals surface area contributed by atoms with Crippen molar-refractivity contribution in [2.75, 3.05) is 13.7 Å². The average molecular weight is 554 g/mol. The Balaban J connectivity index is 1.59. The Hall–Kier alpha value is -2.55. The summed E-state index contributed by atoms with van der Waals surface area (Å²) in [5.41, 5.74) is 5.42. The topological polar surface area (TPSA) is 125 Å². The van der Waals surface area contributed by atoms with E-state index in [9.17, 15) is 19.5 Å². The Morgan fingerprint density at radius 2 is 1.88 bits per heavy atom. The number of aliphatic hydroxyl groups is 1. The number of hydrogen-bond donors (Lipinski definition) is 2. The Bertz CT molecular complexity index is 1180. The number of hydrogen-bond acceptors (Lipinski definition) is 8. The SMILES string of the molecule is C=C1C(=O)[C@]23[C@H](OC(=O)[C@@H](N)Cc4ccccc4)[C@H]1C[C@H](O)[C@H]2[C@]1(COC(C)=O)CCCC(C)(C)[C@H]1C[C@H]3OC. The van der Waals surface area contributed by atoms with E-state index in [1.807, 2.05) is 30.3 Å². The summed E-state index contributed by atoms with van der Waals surface area (Å²) in [6, 6.07) is 8.55. The molecule has 0 saturated heterocycles. The van der Waals surface area contributed by atoms with Gasteiger partial charge in [0.05, 0.1) is 18.8 Å². The Morgan fingerprint density at radius 1 is 1.18 bits per heavy atom. The summed E-state index contributed by atoms with van der Waals surface area (Å²) in [7, 11) is 1.58. The highest BCUT2D eigenvalue weighted by Crippen LogP contribution is 2.72. The molecule has 3 N–H and O–H groups in total. The van der Waals surface area contributed by atoms with Crippen LogP contribution in [0.25, 0.3) is 0 Å². The summed E-state index contributed by atoms with van der Waals surface area (Å²) in [6.07, 6.45) is 1.20. The lowest BCUT2D eigenvalue weighted by Gasteiger charge is -2.67. The summed E-state index contributed by atoms with van der Waals surface area (Å²) >= 11 is 0. The molecular weight excluding hydrogens is 510 g/mol. The smallest absolute Gasteiger partial charge is 0.323 e. The predicted molar refractivity (Wildman–Crippen MR) is 148 cm³/mol. The molecule has 0 aliphatic heterocycles. The normalized spacial score (nSPS) is 38.6. The van der Waals surface area contributed by atoms with Gasteiger partial charge in [0.25, 0.3) is 0 Å². The van der Waals surface area contributed by atoms with Gasteiger partial charge in [0, 0.05) is 31.3 Å². The fourth-order valence-electron chi connectivity index (χ4n) is 9.25. The van der Waals surface area contributed by atoms with E-state index < -0.39 is 59.0 Å². The second kappa shape index (κ2) is 10.4. The first-order valence-electron chi connectivity index (χ1n) is 14.5. The molecule has 8 heteroatoms. The van der Waals surface area contributed by atoms with Crippen LogP contribution in [-0.4, -0.2) is 60.9 Å². The van der Waals surface area contributed by atoms with Crippen LogP contribution in [0, 0.1) is 34.0 Å². The molecule has 40 heavy (non-hydrogen) atoms. The van der Waals surface area contributed by atoms with Gasteiger partial charge in [-0.3, -0.25) is 14.4 Å². The maximum Gasteiger partial charge on any atom is 0.323 e. The van der Waals surface area contributed by atoms with Gasteiger partial charge in [-0.2, -0.15) is 0 Å². The van der Waals surface area contributed by atoms with E-state index in [0.29, 0.717) is 24.8 Å². The number of ether oxygens (including phenoxy) is 3. The molecule has 0 radical (unpaired) electrons. The molecule has 0 amide bonds. The molecule has 0 heterocycles.